The molecule has 0 aliphatic heterocycles. The number of hydrogen-bond donors (Lipinski definition) is 0. The molecule has 1 atom stereocenters. The Balaban J connectivity index is 3.83. The minimum Gasteiger partial charge on any atom is -0.171 e. The lowest BCUT2D eigenvalue weighted by Crippen LogP contribution is -2.17. The van der Waals surface area contributed by atoms with Crippen LogP contribution in [0.3, 0.4) is 0 Å². The van der Waals surface area contributed by atoms with Crippen molar-refractivity contribution in [2.24, 2.45) is 11.8 Å². The molecule has 12 heavy (non-hydrogen) atoms. The topological polar surface area (TPSA) is 0 Å². The first-order chi connectivity index (χ1) is 5.35. The summed E-state index contributed by atoms with van der Waals surface area (Å²) in [5.74, 6) is 0.0555. The molecule has 0 aliphatic carbocycles. The molecule has 0 amide bonds. The second-order valence-electron chi connectivity index (χ2n) is 3.47. The van der Waals surface area contributed by atoms with E-state index in [4.69, 9.17) is 0 Å². The van der Waals surface area contributed by atoms with Gasteiger partial charge in [-0.15, -0.1) is 0 Å². The van der Waals surface area contributed by atoms with Gasteiger partial charge in [0.15, 0.2) is 0 Å². The van der Waals surface area contributed by atoms with Gasteiger partial charge in [0.05, 0.1) is 0 Å². The Labute approximate surface area is 79.7 Å². The number of rotatable bonds is 4. The number of hydrogen-bond acceptors (Lipinski definition) is 0. The molecule has 0 radical (unpaired) electrons. The summed E-state index contributed by atoms with van der Waals surface area (Å²) >= 11 is 3.10. The fraction of sp³-hybridized carbons (Fsp3) is 1.00. The second-order valence-corrected chi connectivity index (χ2v) is 4.12. The van der Waals surface area contributed by atoms with Crippen molar-refractivity contribution in [3.8, 4) is 0 Å². The molecule has 0 fully saturated rings. The summed E-state index contributed by atoms with van der Waals surface area (Å²) < 4.78 is 35.8. The number of alkyl halides is 4. The van der Waals surface area contributed by atoms with E-state index in [9.17, 15) is 13.2 Å². The zero-order valence-corrected chi connectivity index (χ0v) is 8.87. The molecule has 0 N–H and O–H groups in total. The lowest BCUT2D eigenvalue weighted by molar-refractivity contribution is -0.143. The van der Waals surface area contributed by atoms with E-state index in [1.165, 1.54) is 0 Å². The van der Waals surface area contributed by atoms with Crippen LogP contribution in [0.1, 0.15) is 26.7 Å². The van der Waals surface area contributed by atoms with Crippen LogP contribution in [0.5, 0.6) is 0 Å². The van der Waals surface area contributed by atoms with E-state index in [0.717, 1.165) is 0 Å². The fourth-order valence-corrected chi connectivity index (χ4v) is 1.69. The molecule has 74 valence electrons. The molecule has 0 aromatic rings. The summed E-state index contributed by atoms with van der Waals surface area (Å²) in [5.41, 5.74) is 0. The van der Waals surface area contributed by atoms with Crippen LogP contribution >= 0.6 is 15.9 Å². The summed E-state index contributed by atoms with van der Waals surface area (Å²) in [5, 5.41) is 0.435. The van der Waals surface area contributed by atoms with Crippen LogP contribution in [0.25, 0.3) is 0 Å². The highest BCUT2D eigenvalue weighted by Gasteiger charge is 2.31. The molecule has 0 saturated heterocycles. The minimum absolute atomic E-state index is 0.273. The van der Waals surface area contributed by atoms with Gasteiger partial charge in [0.25, 0.3) is 0 Å². The molecule has 0 nitrogen and oxygen atoms in total. The Hall–Kier alpha value is 0.270. The van der Waals surface area contributed by atoms with E-state index in [-0.39, 0.29) is 5.92 Å². The summed E-state index contributed by atoms with van der Waals surface area (Å²) in [6.07, 6.45) is -4.06. The van der Waals surface area contributed by atoms with Crippen molar-refractivity contribution in [1.29, 1.82) is 0 Å². The molecule has 0 aliphatic rings. The van der Waals surface area contributed by atoms with Gasteiger partial charge in [-0.3, -0.25) is 0 Å². The van der Waals surface area contributed by atoms with Crippen molar-refractivity contribution in [3.05, 3.63) is 0 Å². The van der Waals surface area contributed by atoms with E-state index < -0.39 is 12.6 Å². The largest absolute Gasteiger partial charge is 0.389 e. The molecule has 4 heteroatoms. The van der Waals surface area contributed by atoms with Gasteiger partial charge in [0.1, 0.15) is 0 Å². The van der Waals surface area contributed by atoms with Crippen LogP contribution < -0.4 is 0 Å². The van der Waals surface area contributed by atoms with Gasteiger partial charge < -0.3 is 0 Å². The molecule has 0 spiro atoms. The molecule has 0 unspecified atom stereocenters. The predicted molar refractivity (Wildman–Crippen MR) is 47.4 cm³/mol. The zero-order chi connectivity index (χ0) is 9.78. The SMILES string of the molecule is CC(C)C[C@H](CBr)CC(F)(F)F. The Morgan fingerprint density at radius 3 is 2.00 bits per heavy atom. The van der Waals surface area contributed by atoms with E-state index in [0.29, 0.717) is 17.7 Å². The van der Waals surface area contributed by atoms with E-state index in [1.54, 1.807) is 0 Å². The third kappa shape index (κ3) is 6.95. The smallest absolute Gasteiger partial charge is 0.171 e. The lowest BCUT2D eigenvalue weighted by atomic mass is 9.96. The van der Waals surface area contributed by atoms with Crippen LogP contribution in [0.2, 0.25) is 0 Å². The fourth-order valence-electron chi connectivity index (χ4n) is 1.19. The third-order valence-corrected chi connectivity index (χ3v) is 2.46. The maximum atomic E-state index is 11.9. The normalized spacial score (nSPS) is 15.2. The van der Waals surface area contributed by atoms with Gasteiger partial charge in [-0.2, -0.15) is 13.2 Å². The van der Waals surface area contributed by atoms with Gasteiger partial charge in [0, 0.05) is 11.8 Å². The minimum atomic E-state index is -4.02. The Bertz CT molecular complexity index is 120. The van der Waals surface area contributed by atoms with Crippen molar-refractivity contribution >= 4 is 15.9 Å². The molecule has 0 saturated carbocycles. The Morgan fingerprint density at radius 2 is 1.75 bits per heavy atom. The van der Waals surface area contributed by atoms with E-state index in [2.05, 4.69) is 15.9 Å². The van der Waals surface area contributed by atoms with Crippen molar-refractivity contribution in [2.45, 2.75) is 32.9 Å². The molecular formula is C8H14BrF3. The number of halogens is 4. The molecular weight excluding hydrogens is 233 g/mol. The van der Waals surface area contributed by atoms with Crippen molar-refractivity contribution in [2.75, 3.05) is 5.33 Å². The van der Waals surface area contributed by atoms with Crippen LogP contribution in [-0.4, -0.2) is 11.5 Å². The van der Waals surface area contributed by atoms with Crippen LogP contribution in [-0.2, 0) is 0 Å². The molecule has 0 heterocycles. The Kier molecular flexibility index (Phi) is 5.21. The highest BCUT2D eigenvalue weighted by molar-refractivity contribution is 9.09. The molecule has 0 rings (SSSR count). The van der Waals surface area contributed by atoms with Crippen LogP contribution in [0, 0.1) is 11.8 Å². The second kappa shape index (κ2) is 5.10. The van der Waals surface area contributed by atoms with Gasteiger partial charge in [0.2, 0.25) is 0 Å². The average Bonchev–Trinajstić information content (AvgIpc) is 1.82. The highest BCUT2D eigenvalue weighted by Crippen LogP contribution is 2.29. The zero-order valence-electron chi connectivity index (χ0n) is 7.29. The maximum Gasteiger partial charge on any atom is 0.389 e. The summed E-state index contributed by atoms with van der Waals surface area (Å²) in [6, 6.07) is 0. The molecule has 0 aromatic heterocycles. The average molecular weight is 247 g/mol. The maximum absolute atomic E-state index is 11.9. The molecule has 0 aromatic carbocycles. The first kappa shape index (κ1) is 12.3. The van der Waals surface area contributed by atoms with Crippen LogP contribution in [0.4, 0.5) is 13.2 Å². The summed E-state index contributed by atoms with van der Waals surface area (Å²) in [4.78, 5) is 0. The highest BCUT2D eigenvalue weighted by atomic mass is 79.9. The standard InChI is InChI=1S/C8H14BrF3/c1-6(2)3-7(5-9)4-8(10,11)12/h6-7H,3-5H2,1-2H3/t7-/m0/s1. The van der Waals surface area contributed by atoms with Gasteiger partial charge in [-0.25, -0.2) is 0 Å². The predicted octanol–water partition coefficient (Wildman–Crippen LogP) is 4.00. The molecule has 0 bridgehead atoms. The third-order valence-electron chi connectivity index (χ3n) is 1.54. The van der Waals surface area contributed by atoms with Crippen molar-refractivity contribution in [1.82, 2.24) is 0 Å². The Morgan fingerprint density at radius 1 is 1.25 bits per heavy atom. The van der Waals surface area contributed by atoms with Gasteiger partial charge in [-0.05, 0) is 18.3 Å². The van der Waals surface area contributed by atoms with Gasteiger partial charge >= 0.3 is 6.18 Å². The van der Waals surface area contributed by atoms with E-state index in [1.807, 2.05) is 13.8 Å². The van der Waals surface area contributed by atoms with Crippen LogP contribution in [0.15, 0.2) is 0 Å². The lowest BCUT2D eigenvalue weighted by Gasteiger charge is -2.17. The van der Waals surface area contributed by atoms with Gasteiger partial charge in [-0.1, -0.05) is 29.8 Å². The summed E-state index contributed by atoms with van der Waals surface area (Å²) in [7, 11) is 0. The van der Waals surface area contributed by atoms with E-state index >= 15 is 0 Å². The van der Waals surface area contributed by atoms with Crippen molar-refractivity contribution < 1.29 is 13.2 Å². The first-order valence-electron chi connectivity index (χ1n) is 3.98. The summed E-state index contributed by atoms with van der Waals surface area (Å²) in [6.45, 7) is 3.87. The monoisotopic (exact) mass is 246 g/mol. The quantitative estimate of drug-likeness (QED) is 0.659. The first-order valence-corrected chi connectivity index (χ1v) is 5.10. The van der Waals surface area contributed by atoms with Crippen molar-refractivity contribution in [3.63, 3.8) is 0 Å².